The van der Waals surface area contributed by atoms with Crippen molar-refractivity contribution in [3.05, 3.63) is 42.0 Å². The van der Waals surface area contributed by atoms with Gasteiger partial charge in [-0.25, -0.2) is 4.98 Å². The number of nitrogens with zero attached hydrogens (tertiary/aromatic N) is 4. The first-order chi connectivity index (χ1) is 12.0. The number of likely N-dealkylation sites (N-methyl/N-ethyl adjacent to an activating group) is 1. The van der Waals surface area contributed by atoms with Gasteiger partial charge in [0.1, 0.15) is 13.1 Å². The van der Waals surface area contributed by atoms with Crippen LogP contribution in [0.15, 0.2) is 30.9 Å². The van der Waals surface area contributed by atoms with Crippen molar-refractivity contribution in [2.24, 2.45) is 0 Å². The molecule has 3 aromatic rings. The summed E-state index contributed by atoms with van der Waals surface area (Å²) in [6.07, 6.45) is 4.80. The summed E-state index contributed by atoms with van der Waals surface area (Å²) >= 11 is 0. The Labute approximate surface area is 144 Å². The highest BCUT2D eigenvalue weighted by Gasteiger charge is 2.10. The average Bonchev–Trinajstić information content (AvgIpc) is 3.15. The maximum absolute atomic E-state index is 12.3. The highest BCUT2D eigenvalue weighted by atomic mass is 16.2. The molecule has 0 saturated heterocycles. The number of anilines is 1. The van der Waals surface area contributed by atoms with E-state index in [4.69, 9.17) is 0 Å². The minimum Gasteiger partial charge on any atom is -0.358 e. The Morgan fingerprint density at radius 1 is 1.12 bits per heavy atom. The van der Waals surface area contributed by atoms with E-state index in [1.807, 2.05) is 30.5 Å². The first kappa shape index (κ1) is 16.7. The molecule has 2 heterocycles. The highest BCUT2D eigenvalue weighted by Crippen LogP contribution is 2.18. The van der Waals surface area contributed by atoms with Crippen molar-refractivity contribution in [2.45, 2.75) is 26.9 Å². The van der Waals surface area contributed by atoms with E-state index in [9.17, 15) is 9.59 Å². The lowest BCUT2D eigenvalue weighted by Gasteiger charge is -2.06. The standard InChI is InChI=1S/C17H20N6O2/c1-11-4-14-15(5-12(11)2)22(10-19-14)8-17(25)21-13-6-20-23(7-13)9-16(24)18-3/h4-7,10H,8-9H2,1-3H3,(H,18,24)(H,21,25). The highest BCUT2D eigenvalue weighted by molar-refractivity contribution is 5.91. The number of hydrogen-bond donors (Lipinski definition) is 2. The normalized spacial score (nSPS) is 10.8. The van der Waals surface area contributed by atoms with Gasteiger partial charge in [-0.3, -0.25) is 14.3 Å². The van der Waals surface area contributed by atoms with Crippen LogP contribution in [0.25, 0.3) is 11.0 Å². The quantitative estimate of drug-likeness (QED) is 0.730. The van der Waals surface area contributed by atoms with Gasteiger partial charge in [-0.15, -0.1) is 0 Å². The number of nitrogens with one attached hydrogen (secondary N) is 2. The minimum absolute atomic E-state index is 0.108. The molecule has 0 fully saturated rings. The van der Waals surface area contributed by atoms with Crippen molar-refractivity contribution in [2.75, 3.05) is 12.4 Å². The number of rotatable bonds is 5. The third-order valence-corrected chi connectivity index (χ3v) is 4.05. The Balaban J connectivity index is 1.69. The monoisotopic (exact) mass is 340 g/mol. The molecular formula is C17H20N6O2. The lowest BCUT2D eigenvalue weighted by atomic mass is 10.1. The molecule has 0 radical (unpaired) electrons. The first-order valence-corrected chi connectivity index (χ1v) is 7.91. The van der Waals surface area contributed by atoms with Crippen LogP contribution in [-0.4, -0.2) is 38.2 Å². The van der Waals surface area contributed by atoms with Gasteiger partial charge in [-0.2, -0.15) is 5.10 Å². The van der Waals surface area contributed by atoms with Crippen molar-refractivity contribution in [1.82, 2.24) is 24.6 Å². The second-order valence-electron chi connectivity index (χ2n) is 5.95. The van der Waals surface area contributed by atoms with E-state index < -0.39 is 0 Å². The largest absolute Gasteiger partial charge is 0.358 e. The number of carbonyl (C=O) groups excluding carboxylic acids is 2. The van der Waals surface area contributed by atoms with Gasteiger partial charge in [-0.1, -0.05) is 0 Å². The number of imidazole rings is 1. The number of amides is 2. The molecular weight excluding hydrogens is 320 g/mol. The summed E-state index contributed by atoms with van der Waals surface area (Å²) in [5, 5.41) is 9.35. The second-order valence-corrected chi connectivity index (χ2v) is 5.95. The van der Waals surface area contributed by atoms with Crippen molar-refractivity contribution in [3.8, 4) is 0 Å². The van der Waals surface area contributed by atoms with Crippen LogP contribution < -0.4 is 10.6 Å². The Morgan fingerprint density at radius 3 is 2.64 bits per heavy atom. The summed E-state index contributed by atoms with van der Waals surface area (Å²) in [6, 6.07) is 4.05. The molecule has 0 bridgehead atoms. The topological polar surface area (TPSA) is 93.8 Å². The molecule has 2 amide bonds. The zero-order valence-corrected chi connectivity index (χ0v) is 14.4. The van der Waals surface area contributed by atoms with Gasteiger partial charge < -0.3 is 15.2 Å². The van der Waals surface area contributed by atoms with E-state index in [1.165, 1.54) is 16.4 Å². The molecule has 0 spiro atoms. The zero-order chi connectivity index (χ0) is 18.0. The molecule has 1 aromatic carbocycles. The van der Waals surface area contributed by atoms with Crippen LogP contribution >= 0.6 is 0 Å². The molecule has 25 heavy (non-hydrogen) atoms. The summed E-state index contributed by atoms with van der Waals surface area (Å²) in [6.45, 7) is 4.33. The second kappa shape index (κ2) is 6.76. The third-order valence-electron chi connectivity index (χ3n) is 4.05. The third kappa shape index (κ3) is 3.68. The lowest BCUT2D eigenvalue weighted by Crippen LogP contribution is -2.23. The fraction of sp³-hybridized carbons (Fsp3) is 0.294. The number of fused-ring (bicyclic) bond motifs is 1. The van der Waals surface area contributed by atoms with Crippen molar-refractivity contribution in [3.63, 3.8) is 0 Å². The lowest BCUT2D eigenvalue weighted by molar-refractivity contribution is -0.121. The summed E-state index contributed by atoms with van der Waals surface area (Å²) in [5.41, 5.74) is 4.67. The first-order valence-electron chi connectivity index (χ1n) is 7.91. The van der Waals surface area contributed by atoms with Crippen LogP contribution in [0.5, 0.6) is 0 Å². The molecule has 0 saturated carbocycles. The Morgan fingerprint density at radius 2 is 1.88 bits per heavy atom. The summed E-state index contributed by atoms with van der Waals surface area (Å²) in [5.74, 6) is -0.339. The van der Waals surface area contributed by atoms with Crippen LogP contribution in [0.3, 0.4) is 0 Å². The smallest absolute Gasteiger partial charge is 0.244 e. The molecule has 8 heteroatoms. The van der Waals surface area contributed by atoms with Gasteiger partial charge in [0, 0.05) is 13.2 Å². The van der Waals surface area contributed by atoms with Crippen molar-refractivity contribution in [1.29, 1.82) is 0 Å². The molecule has 0 unspecified atom stereocenters. The molecule has 2 N–H and O–H groups in total. The van der Waals surface area contributed by atoms with Crippen LogP contribution in [0.4, 0.5) is 5.69 Å². The number of carbonyl (C=O) groups is 2. The van der Waals surface area contributed by atoms with E-state index in [0.717, 1.165) is 16.6 Å². The molecule has 0 aliphatic heterocycles. The van der Waals surface area contributed by atoms with Crippen LogP contribution in [0.2, 0.25) is 0 Å². The van der Waals surface area contributed by atoms with Gasteiger partial charge in [0.25, 0.3) is 0 Å². The summed E-state index contributed by atoms with van der Waals surface area (Å²) in [7, 11) is 1.56. The molecule has 0 aliphatic rings. The number of benzene rings is 1. The van der Waals surface area contributed by atoms with Crippen LogP contribution in [0.1, 0.15) is 11.1 Å². The van der Waals surface area contributed by atoms with Gasteiger partial charge >= 0.3 is 0 Å². The maximum Gasteiger partial charge on any atom is 0.244 e. The van der Waals surface area contributed by atoms with E-state index in [0.29, 0.717) is 5.69 Å². The van der Waals surface area contributed by atoms with Crippen molar-refractivity contribution < 1.29 is 9.59 Å². The van der Waals surface area contributed by atoms with E-state index >= 15 is 0 Å². The fourth-order valence-electron chi connectivity index (χ4n) is 2.54. The number of aromatic nitrogens is 4. The predicted molar refractivity (Wildman–Crippen MR) is 94.1 cm³/mol. The van der Waals surface area contributed by atoms with Crippen LogP contribution in [-0.2, 0) is 22.7 Å². The number of aryl methyl sites for hydroxylation is 2. The Hall–Kier alpha value is -3.16. The minimum atomic E-state index is -0.183. The van der Waals surface area contributed by atoms with E-state index in [-0.39, 0.29) is 24.9 Å². The van der Waals surface area contributed by atoms with E-state index in [1.54, 1.807) is 19.6 Å². The molecule has 130 valence electrons. The molecule has 0 atom stereocenters. The van der Waals surface area contributed by atoms with Crippen molar-refractivity contribution >= 4 is 28.5 Å². The summed E-state index contributed by atoms with van der Waals surface area (Å²) < 4.78 is 3.28. The van der Waals surface area contributed by atoms with Gasteiger partial charge in [-0.05, 0) is 37.1 Å². The van der Waals surface area contributed by atoms with Gasteiger partial charge in [0.05, 0.1) is 29.2 Å². The SMILES string of the molecule is CNC(=O)Cn1cc(NC(=O)Cn2cnc3cc(C)c(C)cc32)cn1. The van der Waals surface area contributed by atoms with Gasteiger partial charge in [0.15, 0.2) is 0 Å². The predicted octanol–water partition coefficient (Wildman–Crippen LogP) is 1.23. The average molecular weight is 340 g/mol. The van der Waals surface area contributed by atoms with Crippen LogP contribution in [0, 0.1) is 13.8 Å². The van der Waals surface area contributed by atoms with Gasteiger partial charge in [0.2, 0.25) is 11.8 Å². The molecule has 0 aliphatic carbocycles. The number of hydrogen-bond acceptors (Lipinski definition) is 4. The molecule has 8 nitrogen and oxygen atoms in total. The molecule has 3 rings (SSSR count). The Bertz CT molecular complexity index is 940. The fourth-order valence-corrected chi connectivity index (χ4v) is 2.54. The Kier molecular flexibility index (Phi) is 4.51. The summed E-state index contributed by atoms with van der Waals surface area (Å²) in [4.78, 5) is 28.0. The molecule has 2 aromatic heterocycles. The maximum atomic E-state index is 12.3. The zero-order valence-electron chi connectivity index (χ0n) is 14.4. The van der Waals surface area contributed by atoms with E-state index in [2.05, 4.69) is 20.7 Å².